The molecule has 1 heterocycles. The average molecular weight is 424 g/mol. The highest BCUT2D eigenvalue weighted by molar-refractivity contribution is 14.2. The summed E-state index contributed by atoms with van der Waals surface area (Å²) in [5.74, 6) is 0. The zero-order valence-corrected chi connectivity index (χ0v) is 11.8. The molecule has 15 heavy (non-hydrogen) atoms. The van der Waals surface area contributed by atoms with Gasteiger partial charge in [0.1, 0.15) is 6.17 Å². The number of hydrogen-bond donors (Lipinski definition) is 1. The van der Waals surface area contributed by atoms with Crippen molar-refractivity contribution >= 4 is 57.8 Å². The number of nitrogens with zero attached hydrogens (tertiary/aromatic N) is 3. The molecule has 0 amide bonds. The molecular weight excluding hydrogens is 418 g/mol. The third-order valence-electron chi connectivity index (χ3n) is 2.08. The van der Waals surface area contributed by atoms with Crippen LogP contribution in [0.2, 0.25) is 0 Å². The zero-order chi connectivity index (χ0) is 10.8. The van der Waals surface area contributed by atoms with Gasteiger partial charge >= 0.3 is 0 Å². The number of rotatable bonds is 1. The molecule has 0 aromatic heterocycles. The van der Waals surface area contributed by atoms with E-state index in [1.54, 1.807) is 12.4 Å². The minimum atomic E-state index is -0.0317. The van der Waals surface area contributed by atoms with Crippen LogP contribution in [0.25, 0.3) is 0 Å². The Balaban J connectivity index is 2.49. The first-order valence-corrected chi connectivity index (χ1v) is 6.08. The Bertz CT molecular complexity index is 450. The molecule has 0 bridgehead atoms. The van der Waals surface area contributed by atoms with E-state index in [-0.39, 0.29) is 6.17 Å². The Morgan fingerprint density at radius 1 is 1.47 bits per heavy atom. The first-order chi connectivity index (χ1) is 7.22. The molecular formula is C9H6I2N4. The topological polar surface area (TPSA) is 51.4 Å². The minimum absolute atomic E-state index is 0.0317. The quantitative estimate of drug-likeness (QED) is 0.558. The maximum absolute atomic E-state index is 8.84. The van der Waals surface area contributed by atoms with E-state index < -0.39 is 0 Å². The fraction of sp³-hybridized carbons (Fsp3) is 0.111. The van der Waals surface area contributed by atoms with Gasteiger partial charge in [0.05, 0.1) is 18.0 Å². The lowest BCUT2D eigenvalue weighted by Crippen LogP contribution is -2.15. The molecule has 0 saturated carbocycles. The van der Waals surface area contributed by atoms with E-state index in [0.29, 0.717) is 5.56 Å². The van der Waals surface area contributed by atoms with Crippen LogP contribution < -0.4 is 5.32 Å². The highest BCUT2D eigenvalue weighted by Crippen LogP contribution is 2.35. The molecule has 1 aromatic rings. The molecule has 0 saturated heterocycles. The Morgan fingerprint density at radius 3 is 2.93 bits per heavy atom. The van der Waals surface area contributed by atoms with Crippen molar-refractivity contribution in [1.82, 2.24) is 1.33 Å². The van der Waals surface area contributed by atoms with E-state index in [2.05, 4.69) is 62.1 Å². The molecule has 4 nitrogen and oxygen atoms in total. The second-order valence-corrected chi connectivity index (χ2v) is 6.89. The predicted octanol–water partition coefficient (Wildman–Crippen LogP) is 3.01. The van der Waals surface area contributed by atoms with Gasteiger partial charge in [-0.05, 0) is 18.2 Å². The van der Waals surface area contributed by atoms with Crippen LogP contribution in [0.1, 0.15) is 17.3 Å². The molecule has 1 aliphatic rings. The monoisotopic (exact) mass is 424 g/mol. The van der Waals surface area contributed by atoms with Gasteiger partial charge in [-0.25, -0.2) is 4.99 Å². The summed E-state index contributed by atoms with van der Waals surface area (Å²) >= 11 is 4.36. The summed E-state index contributed by atoms with van der Waals surface area (Å²) in [6.07, 6.45) is 1.65. The van der Waals surface area contributed by atoms with Gasteiger partial charge in [0.2, 0.25) is 0 Å². The standard InChI is InChI=1S/C9H6I2N4/c10-15(11)9-7-3-6(4-12)1-2-8(7)13-5-14-9/h1-3,5,9H,(H,13,14). The van der Waals surface area contributed by atoms with Gasteiger partial charge in [-0.1, -0.05) is 0 Å². The van der Waals surface area contributed by atoms with E-state index in [1.807, 2.05) is 13.5 Å². The molecule has 6 heteroatoms. The van der Waals surface area contributed by atoms with Gasteiger partial charge in [0.15, 0.2) is 0 Å². The highest BCUT2D eigenvalue weighted by Gasteiger charge is 2.21. The van der Waals surface area contributed by atoms with Crippen LogP contribution >= 0.6 is 45.7 Å². The van der Waals surface area contributed by atoms with Crippen molar-refractivity contribution in [1.29, 1.82) is 5.26 Å². The molecule has 2 rings (SSSR count). The number of nitriles is 1. The van der Waals surface area contributed by atoms with Gasteiger partial charge in [0, 0.05) is 57.0 Å². The molecule has 1 aromatic carbocycles. The molecule has 76 valence electrons. The molecule has 1 N–H and O–H groups in total. The number of anilines is 1. The maximum Gasteiger partial charge on any atom is 0.149 e. The highest BCUT2D eigenvalue weighted by atomic mass is 127. The second-order valence-electron chi connectivity index (χ2n) is 2.97. The Morgan fingerprint density at radius 2 is 2.27 bits per heavy atom. The van der Waals surface area contributed by atoms with Crippen LogP contribution in [0.15, 0.2) is 23.2 Å². The summed E-state index contributed by atoms with van der Waals surface area (Å²) in [5.41, 5.74) is 2.69. The number of aliphatic imine (C=N–C) groups is 1. The van der Waals surface area contributed by atoms with Gasteiger partial charge in [-0.15, -0.1) is 0 Å². The van der Waals surface area contributed by atoms with Gasteiger partial charge < -0.3 is 5.32 Å². The van der Waals surface area contributed by atoms with Crippen molar-refractivity contribution in [2.45, 2.75) is 6.17 Å². The van der Waals surface area contributed by atoms with E-state index in [4.69, 9.17) is 5.26 Å². The lowest BCUT2D eigenvalue weighted by atomic mass is 10.1. The maximum atomic E-state index is 8.84. The van der Waals surface area contributed by atoms with Crippen LogP contribution in [0, 0.1) is 11.3 Å². The van der Waals surface area contributed by atoms with Crippen molar-refractivity contribution in [3.05, 3.63) is 29.3 Å². The lowest BCUT2D eigenvalue weighted by Gasteiger charge is -2.23. The largest absolute Gasteiger partial charge is 0.346 e. The van der Waals surface area contributed by atoms with Crippen molar-refractivity contribution in [2.75, 3.05) is 5.32 Å². The van der Waals surface area contributed by atoms with E-state index in [1.165, 1.54) is 0 Å². The first-order valence-electron chi connectivity index (χ1n) is 4.15. The normalized spacial score (nSPS) is 18.1. The molecule has 0 fully saturated rings. The van der Waals surface area contributed by atoms with Crippen LogP contribution in [0.4, 0.5) is 5.69 Å². The van der Waals surface area contributed by atoms with Crippen molar-refractivity contribution < 1.29 is 0 Å². The summed E-state index contributed by atoms with van der Waals surface area (Å²) in [7, 11) is 0. The van der Waals surface area contributed by atoms with Crippen LogP contribution in [-0.4, -0.2) is 7.67 Å². The number of hydrogen-bond acceptors (Lipinski definition) is 4. The Kier molecular flexibility index (Phi) is 3.42. The fourth-order valence-corrected chi connectivity index (χ4v) is 2.28. The Hall–Kier alpha value is -0.400. The van der Waals surface area contributed by atoms with Crippen molar-refractivity contribution in [3.63, 3.8) is 0 Å². The summed E-state index contributed by atoms with van der Waals surface area (Å²) in [5, 5.41) is 11.9. The summed E-state index contributed by atoms with van der Waals surface area (Å²) in [4.78, 5) is 4.31. The third kappa shape index (κ3) is 2.24. The SMILES string of the molecule is N#Cc1ccc2c(c1)C(N(I)I)N=CN2. The van der Waals surface area contributed by atoms with Crippen LogP contribution in [-0.2, 0) is 0 Å². The molecule has 0 radical (unpaired) electrons. The van der Waals surface area contributed by atoms with Crippen LogP contribution in [0.3, 0.4) is 0 Å². The number of nitrogens with one attached hydrogen (secondary N) is 1. The van der Waals surface area contributed by atoms with Gasteiger partial charge in [0.25, 0.3) is 0 Å². The number of benzene rings is 1. The van der Waals surface area contributed by atoms with E-state index >= 15 is 0 Å². The van der Waals surface area contributed by atoms with Gasteiger partial charge in [-0.2, -0.15) is 6.59 Å². The van der Waals surface area contributed by atoms with E-state index in [9.17, 15) is 0 Å². The molecule has 1 atom stereocenters. The third-order valence-corrected chi connectivity index (χ3v) is 3.13. The number of fused-ring (bicyclic) bond motifs is 1. The average Bonchev–Trinajstić information content (AvgIpc) is 2.27. The van der Waals surface area contributed by atoms with Crippen molar-refractivity contribution in [3.8, 4) is 6.07 Å². The molecule has 1 unspecified atom stereocenters. The first kappa shape index (κ1) is 11.1. The smallest absolute Gasteiger partial charge is 0.149 e. The van der Waals surface area contributed by atoms with E-state index in [0.717, 1.165) is 11.3 Å². The molecule has 1 aliphatic heterocycles. The Labute approximate surface area is 115 Å². The predicted molar refractivity (Wildman–Crippen MR) is 75.9 cm³/mol. The number of halogens is 2. The minimum Gasteiger partial charge on any atom is -0.346 e. The summed E-state index contributed by atoms with van der Waals surface area (Å²) in [6, 6.07) is 7.71. The fourth-order valence-electron chi connectivity index (χ4n) is 1.39. The van der Waals surface area contributed by atoms with Gasteiger partial charge in [-0.3, -0.25) is 0 Å². The molecule has 0 spiro atoms. The van der Waals surface area contributed by atoms with Crippen molar-refractivity contribution in [2.24, 2.45) is 4.99 Å². The molecule has 0 aliphatic carbocycles. The van der Waals surface area contributed by atoms with Crippen LogP contribution in [0.5, 0.6) is 0 Å². The summed E-state index contributed by atoms with van der Waals surface area (Å²) < 4.78 is 1.95. The lowest BCUT2D eigenvalue weighted by molar-refractivity contribution is 0.620. The second kappa shape index (κ2) is 4.63. The zero-order valence-electron chi connectivity index (χ0n) is 7.48. The summed E-state index contributed by atoms with van der Waals surface area (Å²) in [6.45, 7) is 0.